The molecule has 0 bridgehead atoms. The lowest BCUT2D eigenvalue weighted by atomic mass is 10.2. The molecule has 0 radical (unpaired) electrons. The van der Waals surface area contributed by atoms with Crippen molar-refractivity contribution >= 4 is 27.1 Å². The van der Waals surface area contributed by atoms with Crippen LogP contribution in [0.25, 0.3) is 10.6 Å². The SMILES string of the molecule is Cc1nc(-c2ccc(F)cc2)sc1CC(=O)NC1CCS(=O)(=O)C1. The summed E-state index contributed by atoms with van der Waals surface area (Å²) in [5, 5.41) is 3.51. The Balaban J connectivity index is 1.67. The number of carbonyl (C=O) groups is 1. The number of hydrogen-bond donors (Lipinski definition) is 1. The number of thiazole rings is 1. The second-order valence-corrected chi connectivity index (χ2v) is 9.19. The van der Waals surface area contributed by atoms with E-state index in [4.69, 9.17) is 0 Å². The van der Waals surface area contributed by atoms with Crippen molar-refractivity contribution in [3.8, 4) is 10.6 Å². The topological polar surface area (TPSA) is 76.1 Å². The van der Waals surface area contributed by atoms with Gasteiger partial charge in [-0.1, -0.05) is 0 Å². The Morgan fingerprint density at radius 1 is 1.38 bits per heavy atom. The van der Waals surface area contributed by atoms with Gasteiger partial charge in [-0.25, -0.2) is 17.8 Å². The molecule has 1 unspecified atom stereocenters. The maximum absolute atomic E-state index is 13.0. The van der Waals surface area contributed by atoms with E-state index in [-0.39, 0.29) is 35.7 Å². The van der Waals surface area contributed by atoms with Crippen molar-refractivity contribution in [3.05, 3.63) is 40.7 Å². The summed E-state index contributed by atoms with van der Waals surface area (Å²) in [6, 6.07) is 5.76. The molecule has 0 spiro atoms. The van der Waals surface area contributed by atoms with Crippen molar-refractivity contribution in [1.82, 2.24) is 10.3 Å². The molecule has 1 atom stereocenters. The normalized spacial score (nSPS) is 19.3. The lowest BCUT2D eigenvalue weighted by Gasteiger charge is -2.10. The molecule has 1 aliphatic rings. The van der Waals surface area contributed by atoms with Crippen LogP contribution in [0.5, 0.6) is 0 Å². The molecule has 1 aromatic carbocycles. The first-order chi connectivity index (χ1) is 11.3. The Morgan fingerprint density at radius 2 is 2.08 bits per heavy atom. The van der Waals surface area contributed by atoms with Crippen LogP contribution in [0.3, 0.4) is 0 Å². The van der Waals surface area contributed by atoms with Crippen molar-refractivity contribution in [2.75, 3.05) is 11.5 Å². The molecule has 1 saturated heterocycles. The van der Waals surface area contributed by atoms with Gasteiger partial charge < -0.3 is 5.32 Å². The lowest BCUT2D eigenvalue weighted by Crippen LogP contribution is -2.36. The lowest BCUT2D eigenvalue weighted by molar-refractivity contribution is -0.120. The fourth-order valence-electron chi connectivity index (χ4n) is 2.64. The molecule has 1 N–H and O–H groups in total. The summed E-state index contributed by atoms with van der Waals surface area (Å²) in [6.45, 7) is 1.83. The van der Waals surface area contributed by atoms with Crippen LogP contribution in [-0.2, 0) is 21.1 Å². The number of carbonyl (C=O) groups excluding carboxylic acids is 1. The Labute approximate surface area is 143 Å². The van der Waals surface area contributed by atoms with Crippen LogP contribution < -0.4 is 5.32 Å². The zero-order valence-corrected chi connectivity index (χ0v) is 14.7. The number of hydrogen-bond acceptors (Lipinski definition) is 5. The van der Waals surface area contributed by atoms with Crippen molar-refractivity contribution in [2.24, 2.45) is 0 Å². The first-order valence-corrected chi connectivity index (χ1v) is 10.2. The van der Waals surface area contributed by atoms with Gasteiger partial charge in [-0.15, -0.1) is 11.3 Å². The molecular formula is C16H17FN2O3S2. The van der Waals surface area contributed by atoms with Crippen LogP contribution >= 0.6 is 11.3 Å². The Morgan fingerprint density at radius 3 is 2.71 bits per heavy atom. The van der Waals surface area contributed by atoms with E-state index in [9.17, 15) is 17.6 Å². The van der Waals surface area contributed by atoms with Crippen LogP contribution in [0.15, 0.2) is 24.3 Å². The van der Waals surface area contributed by atoms with Crippen molar-refractivity contribution in [1.29, 1.82) is 0 Å². The van der Waals surface area contributed by atoms with E-state index in [1.165, 1.54) is 23.5 Å². The van der Waals surface area contributed by atoms with E-state index in [0.717, 1.165) is 21.1 Å². The molecule has 0 saturated carbocycles. The number of amides is 1. The average molecular weight is 368 g/mol. The van der Waals surface area contributed by atoms with Gasteiger partial charge in [-0.05, 0) is 37.6 Å². The summed E-state index contributed by atoms with van der Waals surface area (Å²) in [7, 11) is -3.01. The van der Waals surface area contributed by atoms with E-state index in [0.29, 0.717) is 6.42 Å². The number of aryl methyl sites for hydroxylation is 1. The molecule has 8 heteroatoms. The number of sulfone groups is 1. The van der Waals surface area contributed by atoms with Gasteiger partial charge in [0.2, 0.25) is 5.91 Å². The summed E-state index contributed by atoms with van der Waals surface area (Å²) in [6.07, 6.45) is 0.637. The minimum Gasteiger partial charge on any atom is -0.352 e. The quantitative estimate of drug-likeness (QED) is 0.897. The number of rotatable bonds is 4. The van der Waals surface area contributed by atoms with Gasteiger partial charge >= 0.3 is 0 Å². The van der Waals surface area contributed by atoms with Gasteiger partial charge in [0.05, 0.1) is 23.6 Å². The molecule has 128 valence electrons. The minimum absolute atomic E-state index is 0.0151. The monoisotopic (exact) mass is 368 g/mol. The molecule has 1 fully saturated rings. The fraction of sp³-hybridized carbons (Fsp3) is 0.375. The maximum Gasteiger partial charge on any atom is 0.225 e. The molecule has 1 aliphatic heterocycles. The summed E-state index contributed by atoms with van der Waals surface area (Å²) in [5.74, 6) is -0.360. The predicted octanol–water partition coefficient (Wildman–Crippen LogP) is 2.10. The second kappa shape index (κ2) is 6.60. The summed E-state index contributed by atoms with van der Waals surface area (Å²) < 4.78 is 35.9. The molecule has 5 nitrogen and oxygen atoms in total. The van der Waals surface area contributed by atoms with Gasteiger partial charge in [0.15, 0.2) is 9.84 Å². The predicted molar refractivity (Wildman–Crippen MR) is 91.2 cm³/mol. The molecule has 1 amide bonds. The van der Waals surface area contributed by atoms with Crippen LogP contribution in [0.1, 0.15) is 17.0 Å². The Hall–Kier alpha value is -1.80. The van der Waals surface area contributed by atoms with E-state index in [1.54, 1.807) is 12.1 Å². The number of aromatic nitrogens is 1. The van der Waals surface area contributed by atoms with Crippen LogP contribution in [0, 0.1) is 12.7 Å². The smallest absolute Gasteiger partial charge is 0.225 e. The van der Waals surface area contributed by atoms with E-state index >= 15 is 0 Å². The Bertz CT molecular complexity index is 860. The highest BCUT2D eigenvalue weighted by atomic mass is 32.2. The molecule has 3 rings (SSSR count). The second-order valence-electron chi connectivity index (χ2n) is 5.88. The van der Waals surface area contributed by atoms with Crippen LogP contribution in [0.4, 0.5) is 4.39 Å². The number of halogens is 1. The molecule has 2 heterocycles. The first-order valence-electron chi connectivity index (χ1n) is 7.54. The fourth-order valence-corrected chi connectivity index (χ4v) is 5.38. The van der Waals surface area contributed by atoms with Gasteiger partial charge in [-0.2, -0.15) is 0 Å². The van der Waals surface area contributed by atoms with Crippen molar-refractivity contribution < 1.29 is 17.6 Å². The van der Waals surface area contributed by atoms with E-state index < -0.39 is 9.84 Å². The standard InChI is InChI=1S/C16H17FN2O3S2/c1-10-14(8-15(20)19-13-6-7-24(21,22)9-13)23-16(18-10)11-2-4-12(17)5-3-11/h2-5,13H,6-9H2,1H3,(H,19,20). The third-order valence-electron chi connectivity index (χ3n) is 3.90. The van der Waals surface area contributed by atoms with Crippen molar-refractivity contribution in [2.45, 2.75) is 25.8 Å². The zero-order chi connectivity index (χ0) is 17.3. The van der Waals surface area contributed by atoms with Gasteiger partial charge in [-0.3, -0.25) is 4.79 Å². The minimum atomic E-state index is -3.01. The van der Waals surface area contributed by atoms with E-state index in [1.807, 2.05) is 6.92 Å². The molecule has 1 aromatic heterocycles. The highest BCUT2D eigenvalue weighted by molar-refractivity contribution is 7.91. The third-order valence-corrected chi connectivity index (χ3v) is 6.88. The van der Waals surface area contributed by atoms with Gasteiger partial charge in [0.25, 0.3) is 0 Å². The van der Waals surface area contributed by atoms with Crippen LogP contribution in [-0.4, -0.2) is 36.9 Å². The summed E-state index contributed by atoms with van der Waals surface area (Å²) in [5.41, 5.74) is 1.56. The maximum atomic E-state index is 13.0. The number of benzene rings is 1. The van der Waals surface area contributed by atoms with Gasteiger partial charge in [0, 0.05) is 16.5 Å². The Kier molecular flexibility index (Phi) is 4.69. The van der Waals surface area contributed by atoms with E-state index in [2.05, 4.69) is 10.3 Å². The third kappa shape index (κ3) is 3.99. The van der Waals surface area contributed by atoms with Gasteiger partial charge in [0.1, 0.15) is 10.8 Å². The largest absolute Gasteiger partial charge is 0.352 e. The molecular weight excluding hydrogens is 351 g/mol. The van der Waals surface area contributed by atoms with Crippen LogP contribution in [0.2, 0.25) is 0 Å². The molecule has 2 aromatic rings. The average Bonchev–Trinajstić information content (AvgIpc) is 3.02. The summed E-state index contributed by atoms with van der Waals surface area (Å²) >= 11 is 1.39. The summed E-state index contributed by atoms with van der Waals surface area (Å²) in [4.78, 5) is 17.4. The zero-order valence-electron chi connectivity index (χ0n) is 13.1. The van der Waals surface area contributed by atoms with Crippen molar-refractivity contribution in [3.63, 3.8) is 0 Å². The molecule has 24 heavy (non-hydrogen) atoms. The number of nitrogens with one attached hydrogen (secondary N) is 1. The highest BCUT2D eigenvalue weighted by Crippen LogP contribution is 2.28. The highest BCUT2D eigenvalue weighted by Gasteiger charge is 2.29. The molecule has 0 aliphatic carbocycles. The number of nitrogens with zero attached hydrogens (tertiary/aromatic N) is 1. The first kappa shape index (κ1) is 17.0.